The van der Waals surface area contributed by atoms with Gasteiger partial charge in [0.05, 0.1) is 23.8 Å². The molecule has 0 saturated carbocycles. The van der Waals surface area contributed by atoms with Gasteiger partial charge in [0, 0.05) is 24.1 Å². The van der Waals surface area contributed by atoms with Crippen LogP contribution in [0.1, 0.15) is 44.4 Å². The number of nitrogens with one attached hydrogen (secondary N) is 1. The number of anilines is 1. The number of amides is 1. The second-order valence-corrected chi connectivity index (χ2v) is 10.2. The van der Waals surface area contributed by atoms with Crippen LogP contribution in [0.2, 0.25) is 0 Å². The van der Waals surface area contributed by atoms with Crippen molar-refractivity contribution in [3.63, 3.8) is 0 Å². The smallest absolute Gasteiger partial charge is 0.257 e. The van der Waals surface area contributed by atoms with Crippen LogP contribution in [0, 0.1) is 0 Å². The van der Waals surface area contributed by atoms with Gasteiger partial charge in [-0.05, 0) is 67.5 Å². The molecule has 0 saturated heterocycles. The van der Waals surface area contributed by atoms with E-state index in [0.29, 0.717) is 17.1 Å². The van der Waals surface area contributed by atoms with Gasteiger partial charge in [0.15, 0.2) is 0 Å². The minimum Gasteiger partial charge on any atom is -0.497 e. The van der Waals surface area contributed by atoms with Crippen LogP contribution in [0.4, 0.5) is 5.69 Å². The molecule has 7 nitrogen and oxygen atoms in total. The maximum atomic E-state index is 12.6. The van der Waals surface area contributed by atoms with Crippen LogP contribution in [-0.2, 0) is 14.8 Å². The van der Waals surface area contributed by atoms with Crippen molar-refractivity contribution in [2.75, 3.05) is 11.8 Å². The SMILES string of the molecule is C\C=C/C(Cl)=C\C=C(/C)S(=O)(=O)Nc1ccc(C2=NN(C(C)=O)C(c3ccc(OC)cc3)C2)cc1. The molecule has 0 aliphatic carbocycles. The van der Waals surface area contributed by atoms with Crippen LogP contribution in [0.25, 0.3) is 0 Å². The van der Waals surface area contributed by atoms with E-state index >= 15 is 0 Å². The predicted molar refractivity (Wildman–Crippen MR) is 141 cm³/mol. The molecule has 0 bridgehead atoms. The summed E-state index contributed by atoms with van der Waals surface area (Å²) in [5.74, 6) is 0.582. The third-order valence-corrected chi connectivity index (χ3v) is 7.17. The van der Waals surface area contributed by atoms with E-state index in [9.17, 15) is 13.2 Å². The molecule has 1 unspecified atom stereocenters. The standard InChI is InChI=1S/C26H28ClN3O4S/c1-5-6-22(27)12-7-18(2)35(32,33)29-23-13-8-20(9-14-23)25-17-26(30(28-25)19(3)31)21-10-15-24(34-4)16-11-21/h5-16,26,29H,17H2,1-4H3/b6-5-,18-7+,22-12+. The number of sulfonamides is 1. The normalized spacial score (nSPS) is 17.0. The summed E-state index contributed by atoms with van der Waals surface area (Å²) in [6, 6.07) is 14.2. The van der Waals surface area contributed by atoms with E-state index in [1.807, 2.05) is 31.2 Å². The van der Waals surface area contributed by atoms with E-state index in [0.717, 1.165) is 22.6 Å². The summed E-state index contributed by atoms with van der Waals surface area (Å²) in [6.07, 6.45) is 6.94. The molecule has 1 atom stereocenters. The first-order valence-electron chi connectivity index (χ1n) is 11.0. The Morgan fingerprint density at radius 1 is 1.11 bits per heavy atom. The van der Waals surface area contributed by atoms with Crippen molar-refractivity contribution in [1.29, 1.82) is 0 Å². The van der Waals surface area contributed by atoms with E-state index in [1.165, 1.54) is 31.0 Å². The number of hydrogen-bond donors (Lipinski definition) is 1. The lowest BCUT2D eigenvalue weighted by molar-refractivity contribution is -0.130. The molecule has 2 aromatic carbocycles. The maximum Gasteiger partial charge on any atom is 0.257 e. The Hall–Kier alpha value is -3.36. The highest BCUT2D eigenvalue weighted by atomic mass is 35.5. The summed E-state index contributed by atoms with van der Waals surface area (Å²) >= 11 is 5.98. The van der Waals surface area contributed by atoms with E-state index < -0.39 is 10.0 Å². The Morgan fingerprint density at radius 3 is 2.34 bits per heavy atom. The number of carbonyl (C=O) groups excluding carboxylic acids is 1. The number of nitrogens with zero attached hydrogens (tertiary/aromatic N) is 2. The molecule has 1 N–H and O–H groups in total. The summed E-state index contributed by atoms with van der Waals surface area (Å²) < 4.78 is 33.0. The minimum absolute atomic E-state index is 0.129. The van der Waals surface area contributed by atoms with Gasteiger partial charge in [-0.15, -0.1) is 0 Å². The van der Waals surface area contributed by atoms with Crippen LogP contribution in [0.5, 0.6) is 5.75 Å². The van der Waals surface area contributed by atoms with Crippen LogP contribution >= 0.6 is 11.6 Å². The van der Waals surface area contributed by atoms with Gasteiger partial charge in [0.2, 0.25) is 5.91 Å². The lowest BCUT2D eigenvalue weighted by Gasteiger charge is -2.20. The van der Waals surface area contributed by atoms with Crippen molar-refractivity contribution in [2.45, 2.75) is 33.2 Å². The van der Waals surface area contributed by atoms with Crippen molar-refractivity contribution in [3.8, 4) is 5.75 Å². The Kier molecular flexibility index (Phi) is 8.53. The number of benzene rings is 2. The number of allylic oxidation sites excluding steroid dienone is 6. The molecule has 35 heavy (non-hydrogen) atoms. The van der Waals surface area contributed by atoms with Gasteiger partial charge in [0.25, 0.3) is 10.0 Å². The fraction of sp³-hybridized carbons (Fsp3) is 0.231. The molecule has 3 rings (SSSR count). The van der Waals surface area contributed by atoms with E-state index in [1.54, 1.807) is 43.5 Å². The van der Waals surface area contributed by atoms with E-state index in [-0.39, 0.29) is 16.9 Å². The summed E-state index contributed by atoms with van der Waals surface area (Å²) in [5, 5.41) is 6.45. The average molecular weight is 514 g/mol. The summed E-state index contributed by atoms with van der Waals surface area (Å²) in [6.45, 7) is 4.80. The quantitative estimate of drug-likeness (QED) is 0.456. The molecule has 2 aromatic rings. The van der Waals surface area contributed by atoms with Crippen LogP contribution in [0.3, 0.4) is 0 Å². The molecule has 1 aliphatic heterocycles. The number of methoxy groups -OCH3 is 1. The molecular weight excluding hydrogens is 486 g/mol. The first-order valence-corrected chi connectivity index (χ1v) is 12.8. The van der Waals surface area contributed by atoms with Gasteiger partial charge in [-0.3, -0.25) is 9.52 Å². The van der Waals surface area contributed by atoms with Gasteiger partial charge in [-0.25, -0.2) is 13.4 Å². The number of ether oxygens (including phenoxy) is 1. The van der Waals surface area contributed by atoms with Crippen molar-refractivity contribution in [3.05, 3.63) is 93.9 Å². The molecule has 0 aromatic heterocycles. The number of carbonyl (C=O) groups is 1. The highest BCUT2D eigenvalue weighted by Crippen LogP contribution is 2.33. The lowest BCUT2D eigenvalue weighted by Crippen LogP contribution is -2.24. The van der Waals surface area contributed by atoms with Crippen molar-refractivity contribution in [1.82, 2.24) is 5.01 Å². The van der Waals surface area contributed by atoms with Crippen molar-refractivity contribution >= 4 is 38.9 Å². The third-order valence-electron chi connectivity index (χ3n) is 5.43. The number of rotatable bonds is 8. The Balaban J connectivity index is 1.76. The van der Waals surface area contributed by atoms with Gasteiger partial charge in [-0.2, -0.15) is 5.10 Å². The Bertz CT molecular complexity index is 1300. The molecule has 1 heterocycles. The zero-order valence-corrected chi connectivity index (χ0v) is 21.6. The van der Waals surface area contributed by atoms with Gasteiger partial charge in [0.1, 0.15) is 5.75 Å². The zero-order valence-electron chi connectivity index (χ0n) is 20.0. The lowest BCUT2D eigenvalue weighted by atomic mass is 9.98. The average Bonchev–Trinajstić information content (AvgIpc) is 3.29. The van der Waals surface area contributed by atoms with E-state index in [4.69, 9.17) is 16.3 Å². The second kappa shape index (κ2) is 11.4. The largest absolute Gasteiger partial charge is 0.497 e. The first-order chi connectivity index (χ1) is 16.6. The highest BCUT2D eigenvalue weighted by molar-refractivity contribution is 7.96. The molecule has 1 aliphatic rings. The van der Waals surface area contributed by atoms with Crippen molar-refractivity contribution < 1.29 is 17.9 Å². The fourth-order valence-corrected chi connectivity index (χ4v) is 4.57. The second-order valence-electron chi connectivity index (χ2n) is 7.92. The monoisotopic (exact) mass is 513 g/mol. The maximum absolute atomic E-state index is 12.6. The first kappa shape index (κ1) is 26.2. The van der Waals surface area contributed by atoms with Crippen LogP contribution in [-0.4, -0.2) is 32.2 Å². The third kappa shape index (κ3) is 6.61. The summed E-state index contributed by atoms with van der Waals surface area (Å²) in [4.78, 5) is 12.4. The number of hydrazone groups is 1. The zero-order chi connectivity index (χ0) is 25.6. The van der Waals surface area contributed by atoms with Crippen molar-refractivity contribution in [2.24, 2.45) is 5.10 Å². The molecule has 0 fully saturated rings. The Morgan fingerprint density at radius 2 is 1.77 bits per heavy atom. The van der Waals surface area contributed by atoms with Crippen LogP contribution in [0.15, 0.2) is 87.9 Å². The number of hydrogen-bond acceptors (Lipinski definition) is 5. The number of halogens is 1. The summed E-state index contributed by atoms with van der Waals surface area (Å²) in [5.41, 5.74) is 2.92. The van der Waals surface area contributed by atoms with Gasteiger partial charge in [-0.1, -0.05) is 41.9 Å². The minimum atomic E-state index is -3.74. The van der Waals surface area contributed by atoms with Gasteiger partial charge < -0.3 is 4.74 Å². The fourth-order valence-electron chi connectivity index (χ4n) is 3.53. The van der Waals surface area contributed by atoms with E-state index in [2.05, 4.69) is 9.82 Å². The molecular formula is C26H28ClN3O4S. The van der Waals surface area contributed by atoms with Gasteiger partial charge >= 0.3 is 0 Å². The predicted octanol–water partition coefficient (Wildman–Crippen LogP) is 5.74. The molecule has 0 spiro atoms. The topological polar surface area (TPSA) is 88.1 Å². The highest BCUT2D eigenvalue weighted by Gasteiger charge is 2.31. The summed E-state index contributed by atoms with van der Waals surface area (Å²) in [7, 11) is -2.13. The molecule has 184 valence electrons. The van der Waals surface area contributed by atoms with Crippen LogP contribution < -0.4 is 9.46 Å². The molecule has 0 radical (unpaired) electrons. The molecule has 1 amide bonds. The Labute approximate surface area is 211 Å². The molecule has 9 heteroatoms.